The van der Waals surface area contributed by atoms with Gasteiger partial charge in [-0.1, -0.05) is 12.1 Å². The number of aliphatic hydroxyl groups excluding tert-OH is 1. The number of amides is 2. The number of anilines is 1. The molecule has 1 heterocycles. The van der Waals surface area contributed by atoms with Gasteiger partial charge in [-0.3, -0.25) is 14.5 Å². The number of alkyl halides is 4. The first-order valence-corrected chi connectivity index (χ1v) is 6.65. The second-order valence-corrected chi connectivity index (χ2v) is 4.66. The Morgan fingerprint density at radius 3 is 2.54 bits per heavy atom. The summed E-state index contributed by atoms with van der Waals surface area (Å²) in [5.74, 6) is -2.11. The Morgan fingerprint density at radius 1 is 1.25 bits per heavy atom. The Hall–Kier alpha value is -2.62. The SMILES string of the molecule is O=C1C=C(Nc2ccccc2OC(F)(F)C(F)F)C(=O)N1CCO. The number of benzene rings is 1. The van der Waals surface area contributed by atoms with Crippen molar-refractivity contribution in [3.63, 3.8) is 0 Å². The number of rotatable bonds is 7. The van der Waals surface area contributed by atoms with Gasteiger partial charge in [0.2, 0.25) is 0 Å². The summed E-state index contributed by atoms with van der Waals surface area (Å²) in [6.45, 7) is -0.681. The van der Waals surface area contributed by atoms with E-state index in [4.69, 9.17) is 5.11 Å². The molecule has 0 unspecified atom stereocenters. The highest BCUT2D eigenvalue weighted by Crippen LogP contribution is 2.33. The minimum atomic E-state index is -4.72. The van der Waals surface area contributed by atoms with Crippen LogP contribution in [0.4, 0.5) is 23.2 Å². The van der Waals surface area contributed by atoms with E-state index in [9.17, 15) is 27.2 Å². The summed E-state index contributed by atoms with van der Waals surface area (Å²) in [4.78, 5) is 24.3. The number of imide groups is 1. The number of halogens is 4. The van der Waals surface area contributed by atoms with Crippen molar-refractivity contribution in [2.75, 3.05) is 18.5 Å². The lowest BCUT2D eigenvalue weighted by molar-refractivity contribution is -0.252. The number of nitrogens with one attached hydrogen (secondary N) is 1. The molecule has 0 bridgehead atoms. The highest BCUT2D eigenvalue weighted by molar-refractivity contribution is 6.17. The third kappa shape index (κ3) is 3.65. The number of hydrogen-bond donors (Lipinski definition) is 2. The Balaban J connectivity index is 2.21. The van der Waals surface area contributed by atoms with Crippen LogP contribution in [-0.2, 0) is 9.59 Å². The van der Waals surface area contributed by atoms with Crippen molar-refractivity contribution < 1.29 is 37.0 Å². The van der Waals surface area contributed by atoms with Gasteiger partial charge < -0.3 is 15.2 Å². The predicted molar refractivity (Wildman–Crippen MR) is 73.5 cm³/mol. The first-order chi connectivity index (χ1) is 11.3. The lowest BCUT2D eigenvalue weighted by Gasteiger charge is -2.20. The molecule has 2 N–H and O–H groups in total. The Morgan fingerprint density at radius 2 is 1.92 bits per heavy atom. The molecule has 0 atom stereocenters. The molecule has 6 nitrogen and oxygen atoms in total. The van der Waals surface area contributed by atoms with Crippen molar-refractivity contribution >= 4 is 17.5 Å². The third-order valence-corrected chi connectivity index (χ3v) is 2.99. The highest BCUT2D eigenvalue weighted by Gasteiger charge is 2.44. The van der Waals surface area contributed by atoms with E-state index in [0.29, 0.717) is 0 Å². The summed E-state index contributed by atoms with van der Waals surface area (Å²) in [5, 5.41) is 11.2. The molecular formula is C14H12F4N2O4. The molecule has 2 rings (SSSR count). The van der Waals surface area contributed by atoms with Gasteiger partial charge in [0.25, 0.3) is 11.8 Å². The summed E-state index contributed by atoms with van der Waals surface area (Å²) in [5.41, 5.74) is -0.457. The van der Waals surface area contributed by atoms with Crippen LogP contribution in [0.5, 0.6) is 5.75 Å². The van der Waals surface area contributed by atoms with Crippen molar-refractivity contribution in [2.45, 2.75) is 12.5 Å². The zero-order valence-electron chi connectivity index (χ0n) is 12.0. The van der Waals surface area contributed by atoms with Gasteiger partial charge in [0, 0.05) is 6.08 Å². The maximum atomic E-state index is 13.1. The number of β-amino-alcohol motifs (C(OH)–C–C–N with tert-alkyl or cyclic N) is 1. The number of nitrogens with zero attached hydrogens (tertiary/aromatic N) is 1. The average Bonchev–Trinajstić information content (AvgIpc) is 2.77. The number of carbonyl (C=O) groups is 2. The molecule has 24 heavy (non-hydrogen) atoms. The largest absolute Gasteiger partial charge is 0.461 e. The second kappa shape index (κ2) is 6.87. The van der Waals surface area contributed by atoms with Crippen LogP contribution in [0, 0.1) is 0 Å². The van der Waals surface area contributed by atoms with E-state index in [0.717, 1.165) is 17.0 Å². The van der Waals surface area contributed by atoms with Crippen LogP contribution in [0.15, 0.2) is 36.0 Å². The number of ether oxygens (including phenoxy) is 1. The second-order valence-electron chi connectivity index (χ2n) is 4.66. The lowest BCUT2D eigenvalue weighted by atomic mass is 10.2. The Kier molecular flexibility index (Phi) is 5.07. The minimum absolute atomic E-state index is 0.198. The number of carbonyl (C=O) groups excluding carboxylic acids is 2. The van der Waals surface area contributed by atoms with E-state index < -0.39 is 36.7 Å². The van der Waals surface area contributed by atoms with Crippen LogP contribution >= 0.6 is 0 Å². The van der Waals surface area contributed by atoms with Crippen molar-refractivity contribution in [2.24, 2.45) is 0 Å². The van der Waals surface area contributed by atoms with Gasteiger partial charge in [-0.2, -0.15) is 17.6 Å². The van der Waals surface area contributed by atoms with Crippen molar-refractivity contribution in [1.29, 1.82) is 0 Å². The van der Waals surface area contributed by atoms with Gasteiger partial charge >= 0.3 is 12.5 Å². The number of hydrogen-bond acceptors (Lipinski definition) is 5. The van der Waals surface area contributed by atoms with Crippen molar-refractivity contribution in [3.8, 4) is 5.75 Å². The molecule has 130 valence electrons. The van der Waals surface area contributed by atoms with Gasteiger partial charge in [0.05, 0.1) is 18.8 Å². The molecule has 0 fully saturated rings. The number of para-hydroxylation sites is 2. The summed E-state index contributed by atoms with van der Waals surface area (Å²) >= 11 is 0. The van der Waals surface area contributed by atoms with Gasteiger partial charge in [0.15, 0.2) is 0 Å². The zero-order chi connectivity index (χ0) is 17.9. The van der Waals surface area contributed by atoms with Crippen LogP contribution in [-0.4, -0.2) is 47.5 Å². The van der Waals surface area contributed by atoms with Gasteiger partial charge in [0.1, 0.15) is 11.4 Å². The van der Waals surface area contributed by atoms with Crippen LogP contribution in [0.1, 0.15) is 0 Å². The molecule has 0 aliphatic carbocycles. The molecule has 10 heteroatoms. The molecule has 2 amide bonds. The first-order valence-electron chi connectivity index (χ1n) is 6.65. The highest BCUT2D eigenvalue weighted by atomic mass is 19.3. The maximum absolute atomic E-state index is 13.1. The van der Waals surface area contributed by atoms with Gasteiger partial charge in [-0.25, -0.2) is 0 Å². The molecule has 0 radical (unpaired) electrons. The third-order valence-electron chi connectivity index (χ3n) is 2.99. The molecular weight excluding hydrogens is 336 g/mol. The van der Waals surface area contributed by atoms with E-state index in [1.54, 1.807) is 0 Å². The topological polar surface area (TPSA) is 78.9 Å². The lowest BCUT2D eigenvalue weighted by Crippen LogP contribution is -2.35. The van der Waals surface area contributed by atoms with E-state index in [1.807, 2.05) is 0 Å². The van der Waals surface area contributed by atoms with Crippen molar-refractivity contribution in [3.05, 3.63) is 36.0 Å². The fourth-order valence-electron chi connectivity index (χ4n) is 1.91. The van der Waals surface area contributed by atoms with Gasteiger partial charge in [-0.15, -0.1) is 0 Å². The molecule has 0 aromatic heterocycles. The van der Waals surface area contributed by atoms with Crippen LogP contribution < -0.4 is 10.1 Å². The smallest absolute Gasteiger partial charge is 0.426 e. The van der Waals surface area contributed by atoms with Crippen LogP contribution in [0.2, 0.25) is 0 Å². The van der Waals surface area contributed by atoms with Gasteiger partial charge in [-0.05, 0) is 12.1 Å². The standard InChI is InChI=1S/C14H12F4N2O4/c15-13(16)14(17,18)24-10-4-2-1-3-8(10)19-9-7-11(22)20(5-6-21)12(9)23/h1-4,7,13,19,21H,5-6H2. The number of aliphatic hydroxyl groups is 1. The van der Waals surface area contributed by atoms with E-state index in [-0.39, 0.29) is 17.9 Å². The summed E-state index contributed by atoms with van der Waals surface area (Å²) < 4.78 is 54.6. The molecule has 0 spiro atoms. The maximum Gasteiger partial charge on any atom is 0.461 e. The fourth-order valence-corrected chi connectivity index (χ4v) is 1.91. The molecule has 1 aromatic rings. The van der Waals surface area contributed by atoms with Crippen LogP contribution in [0.3, 0.4) is 0 Å². The Labute approximate surface area is 133 Å². The molecule has 1 aromatic carbocycles. The van der Waals surface area contributed by atoms with E-state index in [2.05, 4.69) is 10.1 Å². The average molecular weight is 348 g/mol. The quantitative estimate of drug-likeness (QED) is 0.578. The minimum Gasteiger partial charge on any atom is -0.426 e. The Bertz CT molecular complexity index is 678. The monoisotopic (exact) mass is 348 g/mol. The zero-order valence-corrected chi connectivity index (χ0v) is 12.0. The summed E-state index contributed by atoms with van der Waals surface area (Å²) in [6, 6.07) is 4.88. The summed E-state index contributed by atoms with van der Waals surface area (Å²) in [7, 11) is 0. The molecule has 1 aliphatic heterocycles. The molecule has 0 saturated carbocycles. The van der Waals surface area contributed by atoms with Crippen LogP contribution in [0.25, 0.3) is 0 Å². The first kappa shape index (κ1) is 17.7. The predicted octanol–water partition coefficient (Wildman–Crippen LogP) is 1.58. The van der Waals surface area contributed by atoms with E-state index in [1.165, 1.54) is 18.2 Å². The summed E-state index contributed by atoms with van der Waals surface area (Å²) in [6.07, 6.45) is -7.86. The fraction of sp³-hybridized carbons (Fsp3) is 0.286. The normalized spacial score (nSPS) is 15.1. The van der Waals surface area contributed by atoms with E-state index >= 15 is 0 Å². The van der Waals surface area contributed by atoms with Crippen molar-refractivity contribution in [1.82, 2.24) is 4.90 Å². The molecule has 1 aliphatic rings. The molecule has 0 saturated heterocycles.